The number of nitrogens with one attached hydrogen (secondary N) is 1. The standard InChI is InChI=1S/C19H23F3N4O2/c1-8-14-11(17(27)24-18(28)26(14)10-2-3-10)4-13(20)15(8)25-6-9-5-19(21,22)16(23)12(9)7-25/h4,9-10,12-13,15-16H,2-3,5-7,23H2,1H3,(H,24,27,28). The van der Waals surface area contributed by atoms with Gasteiger partial charge in [0, 0.05) is 25.6 Å². The average molecular weight is 396 g/mol. The van der Waals surface area contributed by atoms with Gasteiger partial charge in [0.15, 0.2) is 0 Å². The van der Waals surface area contributed by atoms with Crippen LogP contribution in [0.4, 0.5) is 13.2 Å². The molecule has 1 aromatic rings. The molecular weight excluding hydrogens is 373 g/mol. The van der Waals surface area contributed by atoms with Gasteiger partial charge in [-0.3, -0.25) is 19.2 Å². The van der Waals surface area contributed by atoms with E-state index in [4.69, 9.17) is 5.73 Å². The van der Waals surface area contributed by atoms with E-state index in [2.05, 4.69) is 4.98 Å². The monoisotopic (exact) mass is 396 g/mol. The van der Waals surface area contributed by atoms with Gasteiger partial charge in [0.1, 0.15) is 6.17 Å². The van der Waals surface area contributed by atoms with Gasteiger partial charge in [0.2, 0.25) is 0 Å². The minimum absolute atomic E-state index is 0.0170. The zero-order valence-electron chi connectivity index (χ0n) is 15.5. The molecule has 0 bridgehead atoms. The predicted molar refractivity (Wildman–Crippen MR) is 97.2 cm³/mol. The second kappa shape index (κ2) is 5.82. The number of alkyl halides is 3. The second-order valence-corrected chi connectivity index (χ2v) is 8.73. The largest absolute Gasteiger partial charge is 0.329 e. The van der Waals surface area contributed by atoms with Crippen molar-refractivity contribution in [3.05, 3.63) is 31.4 Å². The molecule has 3 N–H and O–H groups in total. The third-order valence-corrected chi connectivity index (χ3v) is 6.93. The van der Waals surface area contributed by atoms with Crippen molar-refractivity contribution in [1.29, 1.82) is 0 Å². The molecule has 5 atom stereocenters. The number of nitrogens with zero attached hydrogens (tertiary/aromatic N) is 2. The van der Waals surface area contributed by atoms with Crippen LogP contribution in [0.2, 0.25) is 0 Å². The van der Waals surface area contributed by atoms with Gasteiger partial charge in [-0.05, 0) is 43.3 Å². The SMILES string of the molecule is CC1=c2c(c(=O)[nH]c(=O)n2C2CC2)=CC(F)C1N1CC2CC(F)(F)C(N)C2C1. The Labute approximate surface area is 158 Å². The van der Waals surface area contributed by atoms with Gasteiger partial charge in [-0.2, -0.15) is 0 Å². The molecular formula is C19H23F3N4O2. The Morgan fingerprint density at radius 2 is 1.96 bits per heavy atom. The Balaban J connectivity index is 1.60. The molecule has 1 aromatic heterocycles. The number of aromatic amines is 1. The summed E-state index contributed by atoms with van der Waals surface area (Å²) in [7, 11) is 0. The lowest BCUT2D eigenvalue weighted by atomic mass is 9.95. The van der Waals surface area contributed by atoms with Gasteiger partial charge in [0.05, 0.1) is 22.7 Å². The molecule has 28 heavy (non-hydrogen) atoms. The predicted octanol–water partition coefficient (Wildman–Crippen LogP) is -0.543. The first-order chi connectivity index (χ1) is 13.2. The summed E-state index contributed by atoms with van der Waals surface area (Å²) in [5.74, 6) is -3.52. The Kier molecular flexibility index (Phi) is 3.78. The van der Waals surface area contributed by atoms with Gasteiger partial charge >= 0.3 is 5.69 Å². The molecule has 0 radical (unpaired) electrons. The van der Waals surface area contributed by atoms with Gasteiger partial charge in [-0.25, -0.2) is 18.0 Å². The van der Waals surface area contributed by atoms with Crippen molar-refractivity contribution >= 4 is 11.6 Å². The fraction of sp³-hybridized carbons (Fsp3) is 0.684. The number of rotatable bonds is 2. The molecule has 5 unspecified atom stereocenters. The molecule has 2 saturated carbocycles. The molecule has 6 nitrogen and oxygen atoms in total. The van der Waals surface area contributed by atoms with Crippen LogP contribution < -0.4 is 27.6 Å². The summed E-state index contributed by atoms with van der Waals surface area (Å²) in [6.07, 6.45) is 1.23. The van der Waals surface area contributed by atoms with Crippen LogP contribution in [-0.4, -0.2) is 51.7 Å². The fourth-order valence-corrected chi connectivity index (χ4v) is 5.49. The van der Waals surface area contributed by atoms with Crippen LogP contribution in [0.1, 0.15) is 32.2 Å². The highest BCUT2D eigenvalue weighted by Gasteiger charge is 2.57. The zero-order chi connectivity index (χ0) is 20.0. The third kappa shape index (κ3) is 2.48. The number of aromatic nitrogens is 2. The highest BCUT2D eigenvalue weighted by Crippen LogP contribution is 2.47. The highest BCUT2D eigenvalue weighted by atomic mass is 19.3. The maximum atomic E-state index is 15.1. The summed E-state index contributed by atoms with van der Waals surface area (Å²) in [5, 5.41) is 0.678. The van der Waals surface area contributed by atoms with E-state index in [1.54, 1.807) is 11.5 Å². The molecule has 0 spiro atoms. The molecule has 3 fully saturated rings. The molecule has 5 rings (SSSR count). The van der Waals surface area contributed by atoms with Crippen molar-refractivity contribution in [1.82, 2.24) is 14.5 Å². The zero-order valence-corrected chi connectivity index (χ0v) is 15.5. The first-order valence-electron chi connectivity index (χ1n) is 9.78. The van der Waals surface area contributed by atoms with E-state index in [1.807, 2.05) is 4.90 Å². The number of likely N-dealkylation sites (tertiary alicyclic amines) is 1. The van der Waals surface area contributed by atoms with Crippen LogP contribution in [0, 0.1) is 11.8 Å². The quantitative estimate of drug-likeness (QED) is 0.703. The summed E-state index contributed by atoms with van der Waals surface area (Å²) in [5.41, 5.74) is 5.32. The number of nitrogens with two attached hydrogens (primary N) is 1. The molecule has 9 heteroatoms. The molecule has 152 valence electrons. The molecule has 3 aliphatic carbocycles. The summed E-state index contributed by atoms with van der Waals surface area (Å²) in [6, 6.07) is -1.87. The van der Waals surface area contributed by atoms with E-state index >= 15 is 4.39 Å². The lowest BCUT2D eigenvalue weighted by Gasteiger charge is -2.34. The van der Waals surface area contributed by atoms with Crippen LogP contribution in [0.3, 0.4) is 0 Å². The van der Waals surface area contributed by atoms with E-state index in [9.17, 15) is 18.4 Å². The fourth-order valence-electron chi connectivity index (χ4n) is 5.49. The van der Waals surface area contributed by atoms with Crippen LogP contribution in [0.15, 0.2) is 9.59 Å². The lowest BCUT2D eigenvalue weighted by Crippen LogP contribution is -2.60. The van der Waals surface area contributed by atoms with E-state index in [-0.39, 0.29) is 29.5 Å². The van der Waals surface area contributed by atoms with Crippen LogP contribution >= 0.6 is 0 Å². The number of hydrogen-bond donors (Lipinski definition) is 2. The van der Waals surface area contributed by atoms with E-state index in [0.717, 1.165) is 12.8 Å². The molecule has 0 amide bonds. The van der Waals surface area contributed by atoms with Crippen molar-refractivity contribution in [3.8, 4) is 0 Å². The molecule has 4 aliphatic rings. The van der Waals surface area contributed by atoms with Gasteiger partial charge in [0.25, 0.3) is 11.5 Å². The van der Waals surface area contributed by atoms with Crippen molar-refractivity contribution in [2.75, 3.05) is 13.1 Å². The molecule has 1 saturated heterocycles. The van der Waals surface area contributed by atoms with Gasteiger partial charge in [-0.15, -0.1) is 0 Å². The smallest absolute Gasteiger partial charge is 0.322 e. The normalized spacial score (nSPS) is 36.9. The minimum Gasteiger partial charge on any atom is -0.322 e. The first-order valence-corrected chi connectivity index (χ1v) is 9.78. The average Bonchev–Trinajstić information content (AvgIpc) is 3.32. The Morgan fingerprint density at radius 1 is 1.25 bits per heavy atom. The van der Waals surface area contributed by atoms with E-state index in [0.29, 0.717) is 24.0 Å². The summed E-state index contributed by atoms with van der Waals surface area (Å²) >= 11 is 0. The Bertz CT molecular complexity index is 1070. The first kappa shape index (κ1) is 18.2. The number of hydrogen-bond acceptors (Lipinski definition) is 4. The minimum atomic E-state index is -2.87. The van der Waals surface area contributed by atoms with Crippen molar-refractivity contribution in [2.24, 2.45) is 17.6 Å². The van der Waals surface area contributed by atoms with Crippen LogP contribution in [0.5, 0.6) is 0 Å². The maximum Gasteiger partial charge on any atom is 0.329 e. The lowest BCUT2D eigenvalue weighted by molar-refractivity contribution is -0.0201. The maximum absolute atomic E-state index is 15.1. The van der Waals surface area contributed by atoms with Crippen LogP contribution in [0.25, 0.3) is 11.6 Å². The molecule has 0 aromatic carbocycles. The Hall–Kier alpha value is -1.87. The van der Waals surface area contributed by atoms with Crippen LogP contribution in [-0.2, 0) is 0 Å². The summed E-state index contributed by atoms with van der Waals surface area (Å²) in [4.78, 5) is 28.8. The van der Waals surface area contributed by atoms with Gasteiger partial charge < -0.3 is 5.73 Å². The Morgan fingerprint density at radius 3 is 2.61 bits per heavy atom. The topological polar surface area (TPSA) is 84.1 Å². The third-order valence-electron chi connectivity index (χ3n) is 6.93. The van der Waals surface area contributed by atoms with Crippen molar-refractivity contribution in [2.45, 2.75) is 56.4 Å². The van der Waals surface area contributed by atoms with Gasteiger partial charge in [-0.1, -0.05) is 0 Å². The van der Waals surface area contributed by atoms with Crippen molar-refractivity contribution in [3.63, 3.8) is 0 Å². The molecule has 1 aliphatic heterocycles. The summed E-state index contributed by atoms with van der Waals surface area (Å²) in [6.45, 7) is 2.38. The van der Waals surface area contributed by atoms with E-state index in [1.165, 1.54) is 6.08 Å². The van der Waals surface area contributed by atoms with Crippen molar-refractivity contribution < 1.29 is 13.2 Å². The number of halogens is 3. The molecule has 2 heterocycles. The second-order valence-electron chi connectivity index (χ2n) is 8.73. The highest BCUT2D eigenvalue weighted by molar-refractivity contribution is 5.56. The number of H-pyrrole nitrogens is 1. The summed E-state index contributed by atoms with van der Waals surface area (Å²) < 4.78 is 44.5. The number of fused-ring (bicyclic) bond motifs is 2. The van der Waals surface area contributed by atoms with E-state index < -0.39 is 35.4 Å².